The molecule has 10 heteroatoms. The molecule has 0 spiro atoms. The zero-order valence-corrected chi connectivity index (χ0v) is 22.4. The molecule has 3 aromatic rings. The lowest BCUT2D eigenvalue weighted by molar-refractivity contribution is -0.137. The van der Waals surface area contributed by atoms with E-state index in [9.17, 15) is 26.4 Å². The number of carbonyl (C=O) groups excluding carboxylic acids is 1. The number of amides is 1. The van der Waals surface area contributed by atoms with E-state index in [0.717, 1.165) is 23.3 Å². The predicted octanol–water partition coefficient (Wildman–Crippen LogP) is 6.73. The fourth-order valence-electron chi connectivity index (χ4n) is 3.67. The molecule has 0 aliphatic heterocycles. The molecule has 1 atom stereocenters. The standard InChI is InChI=1S/C27H28ClF3N2O3S/c1-18(19-10-12-20(13-11-19)26(2,3)4)32-25(34)17-33(37(35,36)22-8-6-5-7-9-22)24-16-21(27(29,30)31)14-15-23(24)28/h5-16,18H,17H2,1-4H3,(H,32,34)/t18-/m0/s1. The molecule has 1 amide bonds. The zero-order valence-electron chi connectivity index (χ0n) is 20.8. The van der Waals surface area contributed by atoms with Crippen LogP contribution in [0.4, 0.5) is 18.9 Å². The van der Waals surface area contributed by atoms with Crippen LogP contribution < -0.4 is 9.62 Å². The van der Waals surface area contributed by atoms with E-state index in [2.05, 4.69) is 26.1 Å². The molecule has 3 aromatic carbocycles. The Morgan fingerprint density at radius 3 is 2.05 bits per heavy atom. The highest BCUT2D eigenvalue weighted by Gasteiger charge is 2.34. The maximum Gasteiger partial charge on any atom is 0.416 e. The molecule has 5 nitrogen and oxygen atoms in total. The van der Waals surface area contributed by atoms with Crippen LogP contribution in [0.2, 0.25) is 5.02 Å². The summed E-state index contributed by atoms with van der Waals surface area (Å²) in [6.45, 7) is 7.19. The third-order valence-corrected chi connectivity index (χ3v) is 7.91. The monoisotopic (exact) mass is 552 g/mol. The first-order chi connectivity index (χ1) is 17.1. The Kier molecular flexibility index (Phi) is 8.29. The van der Waals surface area contributed by atoms with E-state index in [1.807, 2.05) is 24.3 Å². The highest BCUT2D eigenvalue weighted by molar-refractivity contribution is 7.92. The molecule has 0 bridgehead atoms. The Morgan fingerprint density at radius 2 is 1.51 bits per heavy atom. The quantitative estimate of drug-likeness (QED) is 0.353. The molecule has 198 valence electrons. The minimum atomic E-state index is -4.74. The van der Waals surface area contributed by atoms with Gasteiger partial charge in [0.25, 0.3) is 10.0 Å². The number of benzene rings is 3. The Balaban J connectivity index is 1.95. The Bertz CT molecular complexity index is 1350. The maximum atomic E-state index is 13.5. The smallest absolute Gasteiger partial charge is 0.348 e. The lowest BCUT2D eigenvalue weighted by Gasteiger charge is -2.26. The minimum absolute atomic E-state index is 0.0540. The number of sulfonamides is 1. The van der Waals surface area contributed by atoms with Crippen molar-refractivity contribution in [2.24, 2.45) is 0 Å². The van der Waals surface area contributed by atoms with Gasteiger partial charge in [-0.05, 0) is 53.8 Å². The number of hydrogen-bond donors (Lipinski definition) is 1. The topological polar surface area (TPSA) is 66.5 Å². The third kappa shape index (κ3) is 6.84. The summed E-state index contributed by atoms with van der Waals surface area (Å²) in [7, 11) is -4.44. The van der Waals surface area contributed by atoms with Gasteiger partial charge in [0.2, 0.25) is 5.91 Å². The van der Waals surface area contributed by atoms with Crippen LogP contribution in [-0.2, 0) is 26.4 Å². The average molecular weight is 553 g/mol. The fourth-order valence-corrected chi connectivity index (χ4v) is 5.39. The molecule has 1 N–H and O–H groups in total. The van der Waals surface area contributed by atoms with Crippen LogP contribution in [0.25, 0.3) is 0 Å². The second-order valence-corrected chi connectivity index (χ2v) is 11.9. The van der Waals surface area contributed by atoms with Crippen LogP contribution in [0, 0.1) is 0 Å². The van der Waals surface area contributed by atoms with E-state index in [-0.39, 0.29) is 15.3 Å². The van der Waals surface area contributed by atoms with Crippen molar-refractivity contribution in [3.63, 3.8) is 0 Å². The van der Waals surface area contributed by atoms with Crippen LogP contribution >= 0.6 is 11.6 Å². The number of hydrogen-bond acceptors (Lipinski definition) is 3. The average Bonchev–Trinajstić information content (AvgIpc) is 2.82. The summed E-state index contributed by atoms with van der Waals surface area (Å²) < 4.78 is 67.8. The first-order valence-corrected chi connectivity index (χ1v) is 13.3. The van der Waals surface area contributed by atoms with Gasteiger partial charge in [0.05, 0.1) is 27.2 Å². The number of halogens is 4. The predicted molar refractivity (Wildman–Crippen MR) is 139 cm³/mol. The van der Waals surface area contributed by atoms with Crippen LogP contribution in [0.5, 0.6) is 0 Å². The molecule has 0 fully saturated rings. The summed E-state index contributed by atoms with van der Waals surface area (Å²) in [5.74, 6) is -0.708. The van der Waals surface area contributed by atoms with E-state index < -0.39 is 45.9 Å². The number of rotatable bonds is 7. The Hall–Kier alpha value is -3.04. The van der Waals surface area contributed by atoms with Crippen LogP contribution in [0.1, 0.15) is 50.4 Å². The molecule has 0 aliphatic carbocycles. The summed E-state index contributed by atoms with van der Waals surface area (Å²) in [6.07, 6.45) is -4.74. The van der Waals surface area contributed by atoms with Crippen LogP contribution in [0.15, 0.2) is 77.7 Å². The second kappa shape index (κ2) is 10.8. The molecule has 37 heavy (non-hydrogen) atoms. The molecule has 0 heterocycles. The summed E-state index contributed by atoms with van der Waals surface area (Å²) in [4.78, 5) is 12.8. The van der Waals surface area contributed by atoms with Crippen molar-refractivity contribution in [1.82, 2.24) is 5.32 Å². The molecule has 0 aromatic heterocycles. The number of anilines is 1. The Morgan fingerprint density at radius 1 is 0.946 bits per heavy atom. The van der Waals surface area contributed by atoms with E-state index >= 15 is 0 Å². The van der Waals surface area contributed by atoms with Crippen molar-refractivity contribution in [2.75, 3.05) is 10.8 Å². The van der Waals surface area contributed by atoms with Gasteiger partial charge >= 0.3 is 6.18 Å². The maximum absolute atomic E-state index is 13.5. The van der Waals surface area contributed by atoms with Gasteiger partial charge in [-0.25, -0.2) is 8.42 Å². The van der Waals surface area contributed by atoms with Gasteiger partial charge in [0, 0.05) is 0 Å². The number of alkyl halides is 3. The number of nitrogens with one attached hydrogen (secondary N) is 1. The molecule has 0 saturated heterocycles. The molecule has 0 saturated carbocycles. The first kappa shape index (κ1) is 28.5. The van der Waals surface area contributed by atoms with Crippen molar-refractivity contribution in [3.05, 3.63) is 94.5 Å². The van der Waals surface area contributed by atoms with Crippen molar-refractivity contribution in [1.29, 1.82) is 0 Å². The van der Waals surface area contributed by atoms with Crippen molar-refractivity contribution >= 4 is 33.2 Å². The fraction of sp³-hybridized carbons (Fsp3) is 0.296. The molecule has 0 radical (unpaired) electrons. The molecule has 0 aliphatic rings. The van der Waals surface area contributed by atoms with Gasteiger partial charge < -0.3 is 5.32 Å². The van der Waals surface area contributed by atoms with Gasteiger partial charge in [-0.15, -0.1) is 0 Å². The lowest BCUT2D eigenvalue weighted by Crippen LogP contribution is -2.41. The van der Waals surface area contributed by atoms with Crippen molar-refractivity contribution in [3.8, 4) is 0 Å². The molecule has 0 unspecified atom stereocenters. The lowest BCUT2D eigenvalue weighted by atomic mass is 9.86. The van der Waals surface area contributed by atoms with Crippen molar-refractivity contribution < 1.29 is 26.4 Å². The van der Waals surface area contributed by atoms with Gasteiger partial charge in [0.1, 0.15) is 6.54 Å². The van der Waals surface area contributed by atoms with Crippen molar-refractivity contribution in [2.45, 2.75) is 50.2 Å². The van der Waals surface area contributed by atoms with Gasteiger partial charge in [-0.1, -0.05) is 74.8 Å². The highest BCUT2D eigenvalue weighted by Crippen LogP contribution is 2.37. The summed E-state index contributed by atoms with van der Waals surface area (Å²) in [5, 5.41) is 2.49. The van der Waals surface area contributed by atoms with E-state index in [1.165, 1.54) is 24.3 Å². The van der Waals surface area contributed by atoms with Crippen LogP contribution in [-0.4, -0.2) is 20.9 Å². The van der Waals surface area contributed by atoms with Gasteiger partial charge in [-0.2, -0.15) is 13.2 Å². The highest BCUT2D eigenvalue weighted by atomic mass is 35.5. The third-order valence-electron chi connectivity index (χ3n) is 5.81. The molecular weight excluding hydrogens is 525 g/mol. The normalized spacial score (nSPS) is 13.2. The van der Waals surface area contributed by atoms with E-state index in [0.29, 0.717) is 10.4 Å². The van der Waals surface area contributed by atoms with Gasteiger partial charge in [0.15, 0.2) is 0 Å². The minimum Gasteiger partial charge on any atom is -0.348 e. The zero-order chi connectivity index (χ0) is 27.6. The summed E-state index contributed by atoms with van der Waals surface area (Å²) >= 11 is 6.17. The van der Waals surface area contributed by atoms with E-state index in [1.54, 1.807) is 13.0 Å². The SMILES string of the molecule is C[C@H](NC(=O)CN(c1cc(C(F)(F)F)ccc1Cl)S(=O)(=O)c1ccccc1)c1ccc(C(C)(C)C)cc1. The molecular formula is C27H28ClF3N2O3S. The number of nitrogens with zero attached hydrogens (tertiary/aromatic N) is 1. The summed E-state index contributed by atoms with van der Waals surface area (Å²) in [5.41, 5.74) is 0.303. The van der Waals surface area contributed by atoms with E-state index in [4.69, 9.17) is 11.6 Å². The Labute approximate surface area is 220 Å². The summed E-state index contributed by atoms with van der Waals surface area (Å²) in [6, 6.07) is 16.6. The number of carbonyl (C=O) groups is 1. The largest absolute Gasteiger partial charge is 0.416 e. The molecule has 3 rings (SSSR count). The second-order valence-electron chi connectivity index (χ2n) is 9.65. The first-order valence-electron chi connectivity index (χ1n) is 11.4. The van der Waals surface area contributed by atoms with Crippen LogP contribution in [0.3, 0.4) is 0 Å². The van der Waals surface area contributed by atoms with Gasteiger partial charge in [-0.3, -0.25) is 9.10 Å².